The summed E-state index contributed by atoms with van der Waals surface area (Å²) in [5, 5.41) is 9.91. The van der Waals surface area contributed by atoms with Crippen molar-refractivity contribution < 1.29 is 24.2 Å². The predicted molar refractivity (Wildman–Crippen MR) is 144 cm³/mol. The number of hydrogen-bond acceptors (Lipinski definition) is 6. The second-order valence-electron chi connectivity index (χ2n) is 10.4. The molecular formula is C30H42N2O5. The van der Waals surface area contributed by atoms with Gasteiger partial charge in [0.05, 0.1) is 13.0 Å². The molecule has 1 N–H and O–H groups in total. The van der Waals surface area contributed by atoms with Gasteiger partial charge in [0.1, 0.15) is 5.75 Å². The summed E-state index contributed by atoms with van der Waals surface area (Å²) in [4.78, 5) is 30.5. The van der Waals surface area contributed by atoms with Crippen molar-refractivity contribution in [3.8, 4) is 5.75 Å². The minimum absolute atomic E-state index is 0.00810. The highest BCUT2D eigenvalue weighted by atomic mass is 16.7. The van der Waals surface area contributed by atoms with E-state index in [2.05, 4.69) is 24.0 Å². The molecule has 3 rings (SSSR count). The number of ether oxygens (including phenoxy) is 2. The van der Waals surface area contributed by atoms with Crippen LogP contribution in [-0.4, -0.2) is 64.9 Å². The molecule has 202 valence electrons. The number of esters is 1. The lowest BCUT2D eigenvalue weighted by Gasteiger charge is -2.41. The summed E-state index contributed by atoms with van der Waals surface area (Å²) in [5.74, 6) is -1.77. The summed E-state index contributed by atoms with van der Waals surface area (Å²) >= 11 is 0. The summed E-state index contributed by atoms with van der Waals surface area (Å²) in [6.45, 7) is 10.6. The zero-order valence-electron chi connectivity index (χ0n) is 22.7. The minimum atomic E-state index is -1.57. The molecule has 1 heterocycles. The Bertz CT molecular complexity index is 987. The van der Waals surface area contributed by atoms with Gasteiger partial charge in [0.25, 0.3) is 0 Å². The molecule has 1 fully saturated rings. The van der Waals surface area contributed by atoms with Gasteiger partial charge in [-0.3, -0.25) is 14.5 Å². The molecule has 0 spiro atoms. The monoisotopic (exact) mass is 510 g/mol. The van der Waals surface area contributed by atoms with Crippen molar-refractivity contribution >= 4 is 11.9 Å². The molecule has 1 amide bonds. The number of benzene rings is 2. The Morgan fingerprint density at radius 1 is 1.05 bits per heavy atom. The number of rotatable bonds is 12. The first-order valence-electron chi connectivity index (χ1n) is 13.4. The first-order valence-corrected chi connectivity index (χ1v) is 13.4. The smallest absolute Gasteiger partial charge is 0.309 e. The number of piperazine rings is 1. The molecule has 2 atom stereocenters. The highest BCUT2D eigenvalue weighted by molar-refractivity contribution is 5.84. The average Bonchev–Trinajstić information content (AvgIpc) is 2.84. The molecule has 2 aromatic carbocycles. The Balaban J connectivity index is 1.60. The topological polar surface area (TPSA) is 79.3 Å². The van der Waals surface area contributed by atoms with Crippen molar-refractivity contribution in [1.82, 2.24) is 9.80 Å². The predicted octanol–water partition coefficient (Wildman–Crippen LogP) is 4.42. The fourth-order valence-corrected chi connectivity index (χ4v) is 4.89. The summed E-state index contributed by atoms with van der Waals surface area (Å²) in [7, 11) is 0. The Morgan fingerprint density at radius 2 is 1.76 bits per heavy atom. The van der Waals surface area contributed by atoms with E-state index in [1.54, 1.807) is 0 Å². The van der Waals surface area contributed by atoms with Crippen LogP contribution < -0.4 is 4.74 Å². The van der Waals surface area contributed by atoms with E-state index in [-0.39, 0.29) is 18.4 Å². The summed E-state index contributed by atoms with van der Waals surface area (Å²) in [5.41, 5.74) is 2.42. The maximum atomic E-state index is 13.7. The van der Waals surface area contributed by atoms with E-state index in [0.717, 1.165) is 43.8 Å². The minimum Gasteiger partial charge on any atom is -0.494 e. The first kappa shape index (κ1) is 28.7. The maximum absolute atomic E-state index is 13.7. The zero-order chi connectivity index (χ0) is 26.8. The molecule has 1 aliphatic heterocycles. The van der Waals surface area contributed by atoms with E-state index in [9.17, 15) is 14.7 Å². The highest BCUT2D eigenvalue weighted by Gasteiger charge is 2.34. The van der Waals surface area contributed by atoms with E-state index in [4.69, 9.17) is 9.47 Å². The molecule has 1 saturated heterocycles. The molecule has 7 heteroatoms. The summed E-state index contributed by atoms with van der Waals surface area (Å²) in [6, 6.07) is 18.4. The van der Waals surface area contributed by atoms with Crippen LogP contribution in [0.2, 0.25) is 0 Å². The lowest BCUT2D eigenvalue weighted by atomic mass is 9.94. The molecule has 0 radical (unpaired) electrons. The van der Waals surface area contributed by atoms with Gasteiger partial charge < -0.3 is 19.5 Å². The largest absolute Gasteiger partial charge is 0.494 e. The van der Waals surface area contributed by atoms with Crippen molar-refractivity contribution in [3.05, 3.63) is 65.7 Å². The first-order chi connectivity index (χ1) is 17.6. The van der Waals surface area contributed by atoms with Crippen LogP contribution in [0, 0.1) is 5.92 Å². The number of hydrogen-bond donors (Lipinski definition) is 1. The number of aliphatic hydroxyl groups is 1. The van der Waals surface area contributed by atoms with Gasteiger partial charge in [-0.1, -0.05) is 42.5 Å². The van der Waals surface area contributed by atoms with Crippen molar-refractivity contribution in [3.63, 3.8) is 0 Å². The number of amides is 1. The maximum Gasteiger partial charge on any atom is 0.309 e. The van der Waals surface area contributed by atoms with Gasteiger partial charge in [-0.05, 0) is 56.4 Å². The van der Waals surface area contributed by atoms with E-state index in [0.29, 0.717) is 19.6 Å². The Hall–Kier alpha value is -2.90. The third-order valence-electron chi connectivity index (χ3n) is 6.62. The molecule has 2 unspecified atom stereocenters. The van der Waals surface area contributed by atoms with Gasteiger partial charge in [-0.25, -0.2) is 0 Å². The van der Waals surface area contributed by atoms with Crippen molar-refractivity contribution in [2.75, 3.05) is 26.2 Å². The molecule has 0 saturated carbocycles. The van der Waals surface area contributed by atoms with Crippen LogP contribution in [0.25, 0.3) is 0 Å². The fraction of sp³-hybridized carbons (Fsp3) is 0.533. The highest BCUT2D eigenvalue weighted by Crippen LogP contribution is 2.23. The van der Waals surface area contributed by atoms with Crippen molar-refractivity contribution in [1.29, 1.82) is 0 Å². The van der Waals surface area contributed by atoms with Gasteiger partial charge >= 0.3 is 5.97 Å². The van der Waals surface area contributed by atoms with Crippen molar-refractivity contribution in [2.24, 2.45) is 5.92 Å². The summed E-state index contributed by atoms with van der Waals surface area (Å²) in [6.07, 6.45) is 2.10. The quantitative estimate of drug-likeness (QED) is 0.336. The van der Waals surface area contributed by atoms with Crippen LogP contribution >= 0.6 is 0 Å². The normalized spacial score (nSPS) is 17.3. The van der Waals surface area contributed by atoms with Crippen LogP contribution in [0.15, 0.2) is 54.6 Å². The van der Waals surface area contributed by atoms with Gasteiger partial charge in [0.15, 0.2) is 0 Å². The molecule has 0 aromatic heterocycles. The van der Waals surface area contributed by atoms with Gasteiger partial charge in [0, 0.05) is 52.0 Å². The summed E-state index contributed by atoms with van der Waals surface area (Å²) < 4.78 is 10.7. The SMILES string of the molecule is CCOc1ccc(CCCC(CC(=O)OC(C)(C)O)C(=O)N2CCN(Cc3ccccc3)CC2C)cc1. The Kier molecular flexibility index (Phi) is 10.5. The third-order valence-corrected chi connectivity index (χ3v) is 6.62. The molecule has 7 nitrogen and oxygen atoms in total. The fourth-order valence-electron chi connectivity index (χ4n) is 4.89. The molecule has 0 aliphatic carbocycles. The average molecular weight is 511 g/mol. The zero-order valence-corrected chi connectivity index (χ0v) is 22.7. The number of carbonyl (C=O) groups is 2. The number of nitrogens with zero attached hydrogens (tertiary/aromatic N) is 2. The molecule has 0 bridgehead atoms. The standard InChI is InChI=1S/C30H42N2O5/c1-5-36-27-16-14-24(15-17-27)12-9-13-26(20-28(33)37-30(3,4)35)29(34)32-19-18-31(21-23(32)2)22-25-10-7-6-8-11-25/h6-8,10-11,14-17,23,26,35H,5,9,12-13,18-22H2,1-4H3. The van der Waals surface area contributed by atoms with E-state index in [1.165, 1.54) is 19.4 Å². The van der Waals surface area contributed by atoms with E-state index < -0.39 is 17.7 Å². The number of aryl methyl sites for hydroxylation is 1. The van der Waals surface area contributed by atoms with Gasteiger partial charge in [0.2, 0.25) is 11.7 Å². The van der Waals surface area contributed by atoms with Crippen LogP contribution in [0.4, 0.5) is 0 Å². The molecule has 37 heavy (non-hydrogen) atoms. The van der Waals surface area contributed by atoms with Gasteiger partial charge in [-0.2, -0.15) is 0 Å². The lowest BCUT2D eigenvalue weighted by molar-refractivity contribution is -0.196. The van der Waals surface area contributed by atoms with Gasteiger partial charge in [-0.15, -0.1) is 0 Å². The Labute approximate surface area is 221 Å². The van der Waals surface area contributed by atoms with Crippen LogP contribution in [0.1, 0.15) is 58.1 Å². The molecule has 2 aromatic rings. The van der Waals surface area contributed by atoms with Crippen LogP contribution in [0.3, 0.4) is 0 Å². The number of carbonyl (C=O) groups excluding carboxylic acids is 2. The molecular weight excluding hydrogens is 468 g/mol. The van der Waals surface area contributed by atoms with Crippen LogP contribution in [-0.2, 0) is 27.3 Å². The second kappa shape index (κ2) is 13.6. The van der Waals surface area contributed by atoms with Crippen molar-refractivity contribution in [2.45, 2.75) is 71.8 Å². The Morgan fingerprint density at radius 3 is 2.38 bits per heavy atom. The van der Waals surface area contributed by atoms with E-state index in [1.807, 2.05) is 54.3 Å². The molecule has 1 aliphatic rings. The van der Waals surface area contributed by atoms with Crippen LogP contribution in [0.5, 0.6) is 5.75 Å². The lowest BCUT2D eigenvalue weighted by Crippen LogP contribution is -2.55. The van der Waals surface area contributed by atoms with E-state index >= 15 is 0 Å². The third kappa shape index (κ3) is 9.48. The second-order valence-corrected chi connectivity index (χ2v) is 10.4.